The largest absolute Gasteiger partial charge is 0.356 e. The van der Waals surface area contributed by atoms with Gasteiger partial charge in [-0.15, -0.1) is 24.0 Å². The number of halogens is 2. The van der Waals surface area contributed by atoms with Crippen molar-refractivity contribution in [2.24, 2.45) is 4.99 Å². The number of nitrogens with one attached hydrogen (secondary N) is 2. The first-order chi connectivity index (χ1) is 14.2. The Labute approximate surface area is 199 Å². The molecule has 0 spiro atoms. The number of piperazine rings is 1. The second-order valence-electron chi connectivity index (χ2n) is 6.78. The quantitative estimate of drug-likeness (QED) is 0.334. The van der Waals surface area contributed by atoms with E-state index in [2.05, 4.69) is 25.5 Å². The smallest absolute Gasteiger partial charge is 0.224 e. The third-order valence-electron chi connectivity index (χ3n) is 4.83. The fourth-order valence-electron chi connectivity index (χ4n) is 3.18. The molecule has 2 heterocycles. The molecule has 0 unspecified atom stereocenters. The number of guanidine groups is 1. The van der Waals surface area contributed by atoms with Crippen LogP contribution in [0.4, 0.5) is 5.82 Å². The van der Waals surface area contributed by atoms with Gasteiger partial charge in [-0.1, -0.05) is 29.8 Å². The molecule has 30 heavy (non-hydrogen) atoms. The van der Waals surface area contributed by atoms with Crippen molar-refractivity contribution >= 4 is 53.3 Å². The van der Waals surface area contributed by atoms with Crippen LogP contribution in [0.1, 0.15) is 12.0 Å². The predicted molar refractivity (Wildman–Crippen MR) is 133 cm³/mol. The number of rotatable bonds is 6. The van der Waals surface area contributed by atoms with E-state index in [0.717, 1.165) is 42.6 Å². The van der Waals surface area contributed by atoms with Gasteiger partial charge in [0.15, 0.2) is 5.96 Å². The second kappa shape index (κ2) is 12.6. The first-order valence-corrected chi connectivity index (χ1v) is 10.2. The summed E-state index contributed by atoms with van der Waals surface area (Å²) in [6.45, 7) is 4.23. The second-order valence-corrected chi connectivity index (χ2v) is 7.22. The molecule has 9 heteroatoms. The third kappa shape index (κ3) is 7.32. The SMILES string of the molecule is CN=C(NCCC(=O)N1CCN(c2ccccn2)CC1)NCc1ccc(Cl)cc1.I. The minimum Gasteiger partial charge on any atom is -0.356 e. The predicted octanol–water partition coefficient (Wildman–Crippen LogP) is 2.76. The number of aliphatic imine (C=N–C) groups is 1. The minimum absolute atomic E-state index is 0. The Bertz CT molecular complexity index is 810. The monoisotopic (exact) mass is 542 g/mol. The lowest BCUT2D eigenvalue weighted by Gasteiger charge is -2.35. The molecule has 1 aliphatic heterocycles. The van der Waals surface area contributed by atoms with E-state index in [9.17, 15) is 4.79 Å². The van der Waals surface area contributed by atoms with Crippen molar-refractivity contribution in [2.45, 2.75) is 13.0 Å². The lowest BCUT2D eigenvalue weighted by molar-refractivity contribution is -0.131. The van der Waals surface area contributed by atoms with E-state index in [0.29, 0.717) is 25.5 Å². The van der Waals surface area contributed by atoms with E-state index in [1.54, 1.807) is 13.2 Å². The molecule has 3 rings (SSSR count). The van der Waals surface area contributed by atoms with E-state index in [4.69, 9.17) is 11.6 Å². The Morgan fingerprint density at radius 3 is 2.47 bits per heavy atom. The van der Waals surface area contributed by atoms with Crippen molar-refractivity contribution in [3.8, 4) is 0 Å². The lowest BCUT2D eigenvalue weighted by Crippen LogP contribution is -2.49. The first kappa shape index (κ1) is 24.2. The van der Waals surface area contributed by atoms with Crippen LogP contribution in [0.15, 0.2) is 53.7 Å². The Kier molecular flexibility index (Phi) is 10.2. The normalized spacial score (nSPS) is 14.1. The summed E-state index contributed by atoms with van der Waals surface area (Å²) in [6.07, 6.45) is 2.23. The number of carbonyl (C=O) groups is 1. The van der Waals surface area contributed by atoms with Crippen LogP contribution in [0.2, 0.25) is 5.02 Å². The highest BCUT2D eigenvalue weighted by atomic mass is 127. The Balaban J connectivity index is 0.00000320. The fraction of sp³-hybridized carbons (Fsp3) is 0.381. The van der Waals surface area contributed by atoms with Gasteiger partial charge in [0.25, 0.3) is 0 Å². The molecular formula is C21H28ClIN6O. The molecule has 0 radical (unpaired) electrons. The number of carbonyl (C=O) groups excluding carboxylic acids is 1. The molecule has 1 fully saturated rings. The van der Waals surface area contributed by atoms with Gasteiger partial charge in [-0.25, -0.2) is 4.98 Å². The Hall–Kier alpha value is -2.07. The van der Waals surface area contributed by atoms with Gasteiger partial charge in [0.05, 0.1) is 0 Å². The standard InChI is InChI=1S/C21H27ClN6O.HI/c1-23-21(26-16-17-5-7-18(22)8-6-17)25-11-9-20(29)28-14-12-27(13-15-28)19-4-2-3-10-24-19;/h2-8,10H,9,11-16H2,1H3,(H2,23,25,26);1H. The van der Waals surface area contributed by atoms with Gasteiger partial charge in [0, 0.05) is 64.0 Å². The maximum absolute atomic E-state index is 12.5. The molecule has 7 nitrogen and oxygen atoms in total. The van der Waals surface area contributed by atoms with Crippen LogP contribution in [-0.4, -0.2) is 61.5 Å². The number of hydrogen-bond acceptors (Lipinski definition) is 4. The van der Waals surface area contributed by atoms with E-state index in [-0.39, 0.29) is 29.9 Å². The molecule has 1 amide bonds. The van der Waals surface area contributed by atoms with Crippen molar-refractivity contribution in [3.63, 3.8) is 0 Å². The highest BCUT2D eigenvalue weighted by Gasteiger charge is 2.21. The molecule has 0 saturated carbocycles. The summed E-state index contributed by atoms with van der Waals surface area (Å²) >= 11 is 5.90. The van der Waals surface area contributed by atoms with Crippen molar-refractivity contribution in [1.29, 1.82) is 0 Å². The summed E-state index contributed by atoms with van der Waals surface area (Å²) in [5.41, 5.74) is 1.11. The molecule has 162 valence electrons. The number of nitrogens with zero attached hydrogens (tertiary/aromatic N) is 4. The first-order valence-electron chi connectivity index (χ1n) is 9.78. The minimum atomic E-state index is 0. The van der Waals surface area contributed by atoms with Crippen LogP contribution in [0.3, 0.4) is 0 Å². The lowest BCUT2D eigenvalue weighted by atomic mass is 10.2. The Morgan fingerprint density at radius 2 is 1.83 bits per heavy atom. The average molecular weight is 543 g/mol. The van der Waals surface area contributed by atoms with Gasteiger partial charge in [0.2, 0.25) is 5.91 Å². The van der Waals surface area contributed by atoms with Gasteiger partial charge in [-0.2, -0.15) is 0 Å². The molecule has 1 aromatic carbocycles. The zero-order valence-corrected chi connectivity index (χ0v) is 20.1. The van der Waals surface area contributed by atoms with Gasteiger partial charge in [-0.05, 0) is 29.8 Å². The molecule has 0 bridgehead atoms. The van der Waals surface area contributed by atoms with Crippen molar-refractivity contribution in [1.82, 2.24) is 20.5 Å². The highest BCUT2D eigenvalue weighted by Crippen LogP contribution is 2.13. The zero-order chi connectivity index (χ0) is 20.5. The average Bonchev–Trinajstić information content (AvgIpc) is 2.78. The summed E-state index contributed by atoms with van der Waals surface area (Å²) in [5.74, 6) is 1.80. The van der Waals surface area contributed by atoms with Crippen LogP contribution in [0.5, 0.6) is 0 Å². The van der Waals surface area contributed by atoms with E-state index in [1.807, 2.05) is 47.4 Å². The molecule has 0 atom stereocenters. The summed E-state index contributed by atoms with van der Waals surface area (Å²) < 4.78 is 0. The summed E-state index contributed by atoms with van der Waals surface area (Å²) in [6, 6.07) is 13.6. The molecular weight excluding hydrogens is 515 g/mol. The Morgan fingerprint density at radius 1 is 1.10 bits per heavy atom. The number of anilines is 1. The van der Waals surface area contributed by atoms with Crippen LogP contribution in [0, 0.1) is 0 Å². The van der Waals surface area contributed by atoms with Crippen LogP contribution >= 0.6 is 35.6 Å². The molecule has 1 aromatic heterocycles. The van der Waals surface area contributed by atoms with Gasteiger partial charge >= 0.3 is 0 Å². The molecule has 1 saturated heterocycles. The molecule has 0 aliphatic carbocycles. The summed E-state index contributed by atoms with van der Waals surface area (Å²) in [4.78, 5) is 25.2. The fourth-order valence-corrected chi connectivity index (χ4v) is 3.31. The molecule has 2 N–H and O–H groups in total. The third-order valence-corrected chi connectivity index (χ3v) is 5.09. The van der Waals surface area contributed by atoms with Gasteiger partial charge < -0.3 is 20.4 Å². The molecule has 1 aliphatic rings. The highest BCUT2D eigenvalue weighted by molar-refractivity contribution is 14.0. The van der Waals surface area contributed by atoms with E-state index in [1.165, 1.54) is 0 Å². The maximum atomic E-state index is 12.5. The number of pyridine rings is 1. The van der Waals surface area contributed by atoms with Gasteiger partial charge in [-0.3, -0.25) is 9.79 Å². The topological polar surface area (TPSA) is 72.9 Å². The van der Waals surface area contributed by atoms with Crippen LogP contribution < -0.4 is 15.5 Å². The molecule has 2 aromatic rings. The number of hydrogen-bond donors (Lipinski definition) is 2. The van der Waals surface area contributed by atoms with Crippen molar-refractivity contribution in [2.75, 3.05) is 44.7 Å². The van der Waals surface area contributed by atoms with Crippen molar-refractivity contribution in [3.05, 3.63) is 59.2 Å². The number of amides is 1. The van der Waals surface area contributed by atoms with E-state index >= 15 is 0 Å². The van der Waals surface area contributed by atoms with Crippen molar-refractivity contribution < 1.29 is 4.79 Å². The van der Waals surface area contributed by atoms with Crippen LogP contribution in [0.25, 0.3) is 0 Å². The van der Waals surface area contributed by atoms with Gasteiger partial charge in [0.1, 0.15) is 5.82 Å². The number of benzene rings is 1. The van der Waals surface area contributed by atoms with Crippen LogP contribution in [-0.2, 0) is 11.3 Å². The summed E-state index contributed by atoms with van der Waals surface area (Å²) in [7, 11) is 1.72. The summed E-state index contributed by atoms with van der Waals surface area (Å²) in [5, 5.41) is 7.16. The van der Waals surface area contributed by atoms with E-state index < -0.39 is 0 Å². The maximum Gasteiger partial charge on any atom is 0.224 e. The number of aromatic nitrogens is 1. The zero-order valence-electron chi connectivity index (χ0n) is 17.1.